The van der Waals surface area contributed by atoms with E-state index in [1.165, 1.54) is 12.8 Å². The maximum absolute atomic E-state index is 11.5. The molecule has 0 radical (unpaired) electrons. The van der Waals surface area contributed by atoms with Crippen LogP contribution < -0.4 is 10.6 Å². The minimum absolute atomic E-state index is 0.156. The fraction of sp³-hybridized carbons (Fsp3) is 0.909. The van der Waals surface area contributed by atoms with E-state index >= 15 is 0 Å². The van der Waals surface area contributed by atoms with Gasteiger partial charge in [0, 0.05) is 19.6 Å². The second kappa shape index (κ2) is 7.65. The molecule has 4 nitrogen and oxygen atoms in total. The normalized spacial score (nSPS) is 21.3. The third-order valence-electron chi connectivity index (χ3n) is 2.65. The summed E-state index contributed by atoms with van der Waals surface area (Å²) in [6.45, 7) is 6.00. The van der Waals surface area contributed by atoms with Crippen molar-refractivity contribution in [1.29, 1.82) is 0 Å². The summed E-state index contributed by atoms with van der Waals surface area (Å²) < 4.78 is 5.15. The van der Waals surface area contributed by atoms with Crippen molar-refractivity contribution >= 4 is 5.91 Å². The summed E-state index contributed by atoms with van der Waals surface area (Å²) in [6.07, 6.45) is 3.02. The number of piperidine rings is 1. The third-order valence-corrected chi connectivity index (χ3v) is 2.65. The summed E-state index contributed by atoms with van der Waals surface area (Å²) in [5.74, 6) is 0.675. The summed E-state index contributed by atoms with van der Waals surface area (Å²) in [4.78, 5) is 11.5. The summed E-state index contributed by atoms with van der Waals surface area (Å²) >= 11 is 0. The van der Waals surface area contributed by atoms with Gasteiger partial charge in [-0.2, -0.15) is 0 Å². The Balaban J connectivity index is 2.01. The van der Waals surface area contributed by atoms with Crippen LogP contribution in [0.1, 0.15) is 26.2 Å². The number of rotatable bonds is 6. The molecular weight excluding hydrogens is 192 g/mol. The molecule has 1 unspecified atom stereocenters. The van der Waals surface area contributed by atoms with Crippen LogP contribution in [0.2, 0.25) is 0 Å². The number of amides is 1. The van der Waals surface area contributed by atoms with E-state index in [-0.39, 0.29) is 5.91 Å². The molecule has 1 fully saturated rings. The Labute approximate surface area is 91.8 Å². The molecule has 0 aromatic rings. The molecule has 1 heterocycles. The van der Waals surface area contributed by atoms with Crippen molar-refractivity contribution in [3.8, 4) is 0 Å². The Kier molecular flexibility index (Phi) is 6.36. The molecule has 0 saturated carbocycles. The van der Waals surface area contributed by atoms with Gasteiger partial charge in [-0.05, 0) is 38.8 Å². The van der Waals surface area contributed by atoms with Crippen molar-refractivity contribution in [1.82, 2.24) is 10.6 Å². The van der Waals surface area contributed by atoms with Crippen molar-refractivity contribution < 1.29 is 9.53 Å². The fourth-order valence-electron chi connectivity index (χ4n) is 1.84. The molecule has 1 rings (SSSR count). The molecular formula is C11H22N2O2. The highest BCUT2D eigenvalue weighted by molar-refractivity contribution is 5.76. The van der Waals surface area contributed by atoms with Gasteiger partial charge in [0.05, 0.1) is 6.61 Å². The van der Waals surface area contributed by atoms with Crippen molar-refractivity contribution in [2.24, 2.45) is 5.92 Å². The highest BCUT2D eigenvalue weighted by Gasteiger charge is 2.16. The van der Waals surface area contributed by atoms with Gasteiger partial charge in [-0.3, -0.25) is 4.79 Å². The predicted octanol–water partition coefficient (Wildman–Crippen LogP) is 0.529. The largest absolute Gasteiger partial charge is 0.380 e. The van der Waals surface area contributed by atoms with Crippen LogP contribution in [-0.4, -0.2) is 38.8 Å². The van der Waals surface area contributed by atoms with Crippen molar-refractivity contribution in [3.05, 3.63) is 0 Å². The van der Waals surface area contributed by atoms with Gasteiger partial charge in [-0.15, -0.1) is 0 Å². The first-order valence-electron chi connectivity index (χ1n) is 5.88. The van der Waals surface area contributed by atoms with E-state index in [1.54, 1.807) is 0 Å². The first kappa shape index (κ1) is 12.5. The molecule has 15 heavy (non-hydrogen) atoms. The average molecular weight is 214 g/mol. The Morgan fingerprint density at radius 1 is 1.60 bits per heavy atom. The molecule has 0 aromatic heterocycles. The average Bonchev–Trinajstić information content (AvgIpc) is 2.26. The quantitative estimate of drug-likeness (QED) is 0.634. The van der Waals surface area contributed by atoms with Gasteiger partial charge in [-0.25, -0.2) is 0 Å². The van der Waals surface area contributed by atoms with Crippen LogP contribution in [-0.2, 0) is 9.53 Å². The van der Waals surface area contributed by atoms with E-state index in [0.717, 1.165) is 13.1 Å². The van der Waals surface area contributed by atoms with Gasteiger partial charge in [0.25, 0.3) is 0 Å². The number of carbonyl (C=O) groups excluding carboxylic acids is 1. The summed E-state index contributed by atoms with van der Waals surface area (Å²) in [7, 11) is 0. The van der Waals surface area contributed by atoms with Crippen LogP contribution in [0.5, 0.6) is 0 Å². The van der Waals surface area contributed by atoms with Crippen LogP contribution in [0.25, 0.3) is 0 Å². The Bertz CT molecular complexity index is 179. The highest BCUT2D eigenvalue weighted by atomic mass is 16.5. The standard InChI is InChI=1S/C11H22N2O2/c1-2-15-7-6-13-11(14)8-10-4-3-5-12-9-10/h10,12H,2-9H2,1H3,(H,13,14). The third kappa shape index (κ3) is 5.74. The van der Waals surface area contributed by atoms with Gasteiger partial charge < -0.3 is 15.4 Å². The maximum atomic E-state index is 11.5. The monoisotopic (exact) mass is 214 g/mol. The lowest BCUT2D eigenvalue weighted by atomic mass is 9.96. The molecule has 1 amide bonds. The number of hydrogen-bond acceptors (Lipinski definition) is 3. The maximum Gasteiger partial charge on any atom is 0.220 e. The zero-order valence-corrected chi connectivity index (χ0v) is 9.55. The Hall–Kier alpha value is -0.610. The lowest BCUT2D eigenvalue weighted by molar-refractivity contribution is -0.122. The van der Waals surface area contributed by atoms with Gasteiger partial charge >= 0.3 is 0 Å². The minimum atomic E-state index is 0.156. The number of carbonyl (C=O) groups is 1. The lowest BCUT2D eigenvalue weighted by Gasteiger charge is -2.22. The van der Waals surface area contributed by atoms with Crippen LogP contribution >= 0.6 is 0 Å². The Morgan fingerprint density at radius 2 is 2.47 bits per heavy atom. The summed E-state index contributed by atoms with van der Waals surface area (Å²) in [5, 5.41) is 6.18. The molecule has 0 aromatic carbocycles. The molecule has 4 heteroatoms. The number of nitrogens with one attached hydrogen (secondary N) is 2. The second-order valence-corrected chi connectivity index (χ2v) is 3.96. The number of hydrogen-bond donors (Lipinski definition) is 2. The molecule has 0 bridgehead atoms. The molecule has 2 N–H and O–H groups in total. The zero-order valence-electron chi connectivity index (χ0n) is 9.55. The topological polar surface area (TPSA) is 50.4 Å². The van der Waals surface area contributed by atoms with E-state index in [9.17, 15) is 4.79 Å². The summed E-state index contributed by atoms with van der Waals surface area (Å²) in [6, 6.07) is 0. The van der Waals surface area contributed by atoms with Gasteiger partial charge in [0.1, 0.15) is 0 Å². The second-order valence-electron chi connectivity index (χ2n) is 3.96. The van der Waals surface area contributed by atoms with Gasteiger partial charge in [-0.1, -0.05) is 0 Å². The fourth-order valence-corrected chi connectivity index (χ4v) is 1.84. The first-order chi connectivity index (χ1) is 7.33. The van der Waals surface area contributed by atoms with Crippen molar-refractivity contribution in [3.63, 3.8) is 0 Å². The lowest BCUT2D eigenvalue weighted by Crippen LogP contribution is -2.35. The van der Waals surface area contributed by atoms with Gasteiger partial charge in [0.15, 0.2) is 0 Å². The minimum Gasteiger partial charge on any atom is -0.380 e. The SMILES string of the molecule is CCOCCNC(=O)CC1CCCNC1. The van der Waals surface area contributed by atoms with E-state index in [1.807, 2.05) is 6.92 Å². The van der Waals surface area contributed by atoms with E-state index < -0.39 is 0 Å². The predicted molar refractivity (Wildman–Crippen MR) is 59.7 cm³/mol. The van der Waals surface area contributed by atoms with Crippen molar-refractivity contribution in [2.75, 3.05) is 32.8 Å². The zero-order chi connectivity index (χ0) is 10.9. The molecule has 0 spiro atoms. The number of ether oxygens (including phenoxy) is 1. The van der Waals surface area contributed by atoms with E-state index in [2.05, 4.69) is 10.6 Å². The van der Waals surface area contributed by atoms with Crippen LogP contribution in [0.4, 0.5) is 0 Å². The molecule has 1 atom stereocenters. The first-order valence-corrected chi connectivity index (χ1v) is 5.88. The molecule has 0 aliphatic carbocycles. The highest BCUT2D eigenvalue weighted by Crippen LogP contribution is 2.13. The smallest absolute Gasteiger partial charge is 0.220 e. The van der Waals surface area contributed by atoms with Crippen molar-refractivity contribution in [2.45, 2.75) is 26.2 Å². The molecule has 88 valence electrons. The van der Waals surface area contributed by atoms with E-state index in [0.29, 0.717) is 32.1 Å². The van der Waals surface area contributed by atoms with Gasteiger partial charge in [0.2, 0.25) is 5.91 Å². The molecule has 1 aliphatic heterocycles. The summed E-state index contributed by atoms with van der Waals surface area (Å²) in [5.41, 5.74) is 0. The Morgan fingerprint density at radius 3 is 3.13 bits per heavy atom. The molecule has 1 saturated heterocycles. The van der Waals surface area contributed by atoms with Crippen LogP contribution in [0.3, 0.4) is 0 Å². The molecule has 1 aliphatic rings. The van der Waals surface area contributed by atoms with Crippen LogP contribution in [0, 0.1) is 5.92 Å². The van der Waals surface area contributed by atoms with E-state index in [4.69, 9.17) is 4.74 Å². The van der Waals surface area contributed by atoms with Crippen LogP contribution in [0.15, 0.2) is 0 Å².